The van der Waals surface area contributed by atoms with Crippen LogP contribution in [0.2, 0.25) is 0 Å². The fraction of sp³-hybridized carbons (Fsp3) is 0.286. The minimum absolute atomic E-state index is 0.0366. The Morgan fingerprint density at radius 2 is 1.71 bits per heavy atom. The SMILES string of the molecule is CS(=O)(=O)c1cccc(S(=O)(=O)N2CCC(C(=O)Nc3ccc4sccc4c3)CC2)c1. The zero-order chi connectivity index (χ0) is 22.2. The van der Waals surface area contributed by atoms with E-state index in [4.69, 9.17) is 0 Å². The summed E-state index contributed by atoms with van der Waals surface area (Å²) >= 11 is 1.64. The van der Waals surface area contributed by atoms with Crippen LogP contribution >= 0.6 is 11.3 Å². The molecular weight excluding hydrogens is 456 g/mol. The number of hydrogen-bond donors (Lipinski definition) is 1. The second-order valence-electron chi connectivity index (χ2n) is 7.59. The molecule has 0 radical (unpaired) electrons. The van der Waals surface area contributed by atoms with Crippen LogP contribution in [0.4, 0.5) is 5.69 Å². The van der Waals surface area contributed by atoms with Crippen molar-refractivity contribution in [2.45, 2.75) is 22.6 Å². The summed E-state index contributed by atoms with van der Waals surface area (Å²) in [5, 5.41) is 6.00. The number of thiophene rings is 1. The summed E-state index contributed by atoms with van der Waals surface area (Å²) in [6.07, 6.45) is 1.84. The van der Waals surface area contributed by atoms with Crippen molar-refractivity contribution in [2.75, 3.05) is 24.7 Å². The van der Waals surface area contributed by atoms with Crippen LogP contribution in [0, 0.1) is 5.92 Å². The minimum atomic E-state index is -3.83. The number of carbonyl (C=O) groups excluding carboxylic acids is 1. The second kappa shape index (κ2) is 8.34. The van der Waals surface area contributed by atoms with Crippen molar-refractivity contribution in [3.63, 3.8) is 0 Å². The molecule has 2 aromatic carbocycles. The average Bonchev–Trinajstić information content (AvgIpc) is 3.21. The van der Waals surface area contributed by atoms with E-state index in [0.717, 1.165) is 22.0 Å². The third-order valence-electron chi connectivity index (χ3n) is 5.42. The van der Waals surface area contributed by atoms with Crippen molar-refractivity contribution < 1.29 is 21.6 Å². The van der Waals surface area contributed by atoms with Crippen LogP contribution in [0.25, 0.3) is 10.1 Å². The zero-order valence-electron chi connectivity index (χ0n) is 16.8. The number of amides is 1. The van der Waals surface area contributed by atoms with E-state index in [1.54, 1.807) is 11.3 Å². The number of sulfone groups is 1. The van der Waals surface area contributed by atoms with Gasteiger partial charge >= 0.3 is 0 Å². The summed E-state index contributed by atoms with van der Waals surface area (Å²) < 4.78 is 51.9. The molecule has 164 valence electrons. The number of nitrogens with zero attached hydrogens (tertiary/aromatic N) is 1. The Kier molecular flexibility index (Phi) is 5.91. The van der Waals surface area contributed by atoms with Gasteiger partial charge in [0, 0.05) is 35.7 Å². The number of fused-ring (bicyclic) bond motifs is 1. The molecule has 2 heterocycles. The second-order valence-corrected chi connectivity index (χ2v) is 12.5. The highest BCUT2D eigenvalue weighted by molar-refractivity contribution is 7.91. The van der Waals surface area contributed by atoms with Crippen molar-refractivity contribution in [2.24, 2.45) is 5.92 Å². The molecule has 1 amide bonds. The predicted molar refractivity (Wildman–Crippen MR) is 121 cm³/mol. The van der Waals surface area contributed by atoms with Crippen LogP contribution < -0.4 is 5.32 Å². The van der Waals surface area contributed by atoms with Crippen molar-refractivity contribution >= 4 is 52.9 Å². The quantitative estimate of drug-likeness (QED) is 0.606. The largest absolute Gasteiger partial charge is 0.326 e. The van der Waals surface area contributed by atoms with Gasteiger partial charge in [-0.15, -0.1) is 11.3 Å². The third kappa shape index (κ3) is 4.67. The standard InChI is InChI=1S/C21H22N2O5S3/c1-30(25,26)18-3-2-4-19(14-18)31(27,28)23-10-7-15(8-11-23)21(24)22-17-5-6-20-16(13-17)9-12-29-20/h2-6,9,12-15H,7-8,10-11H2,1H3,(H,22,24). The number of carbonyl (C=O) groups is 1. The Hall–Kier alpha value is -2.27. The van der Waals surface area contributed by atoms with Crippen LogP contribution in [0.15, 0.2) is 63.7 Å². The first-order valence-electron chi connectivity index (χ1n) is 9.73. The first kappa shape index (κ1) is 21.9. The van der Waals surface area contributed by atoms with Crippen LogP contribution in [0.5, 0.6) is 0 Å². The molecule has 0 atom stereocenters. The number of rotatable bonds is 5. The molecule has 0 bridgehead atoms. The number of sulfonamides is 1. The smallest absolute Gasteiger partial charge is 0.243 e. The Labute approximate surface area is 185 Å². The van der Waals surface area contributed by atoms with E-state index < -0.39 is 19.9 Å². The summed E-state index contributed by atoms with van der Waals surface area (Å²) in [5.74, 6) is -0.405. The van der Waals surface area contributed by atoms with Gasteiger partial charge in [0.1, 0.15) is 0 Å². The highest BCUT2D eigenvalue weighted by Crippen LogP contribution is 2.28. The van der Waals surface area contributed by atoms with Crippen LogP contribution in [-0.2, 0) is 24.7 Å². The number of anilines is 1. The molecule has 0 saturated carbocycles. The van der Waals surface area contributed by atoms with Gasteiger partial charge < -0.3 is 5.32 Å². The number of piperidine rings is 1. The molecule has 1 aliphatic rings. The van der Waals surface area contributed by atoms with Crippen molar-refractivity contribution in [3.8, 4) is 0 Å². The Balaban J connectivity index is 1.42. The topological polar surface area (TPSA) is 101 Å². The maximum absolute atomic E-state index is 13.0. The molecule has 1 aliphatic heterocycles. The van der Waals surface area contributed by atoms with Gasteiger partial charge in [0.05, 0.1) is 9.79 Å². The van der Waals surface area contributed by atoms with Gasteiger partial charge in [-0.25, -0.2) is 16.8 Å². The van der Waals surface area contributed by atoms with Gasteiger partial charge in [0.15, 0.2) is 9.84 Å². The number of nitrogens with one attached hydrogen (secondary N) is 1. The maximum Gasteiger partial charge on any atom is 0.243 e. The van der Waals surface area contributed by atoms with Gasteiger partial charge in [-0.2, -0.15) is 4.31 Å². The van der Waals surface area contributed by atoms with E-state index in [1.165, 1.54) is 28.6 Å². The molecule has 31 heavy (non-hydrogen) atoms. The summed E-state index contributed by atoms with van der Waals surface area (Å²) in [6.45, 7) is 0.403. The van der Waals surface area contributed by atoms with E-state index in [9.17, 15) is 21.6 Å². The molecule has 0 spiro atoms. The van der Waals surface area contributed by atoms with Crippen LogP contribution in [0.3, 0.4) is 0 Å². The van der Waals surface area contributed by atoms with Gasteiger partial charge in [0.2, 0.25) is 15.9 Å². The lowest BCUT2D eigenvalue weighted by atomic mass is 9.97. The van der Waals surface area contributed by atoms with E-state index in [0.29, 0.717) is 12.8 Å². The Morgan fingerprint density at radius 1 is 1.00 bits per heavy atom. The molecule has 4 rings (SSSR count). The van der Waals surface area contributed by atoms with E-state index in [-0.39, 0.29) is 34.7 Å². The van der Waals surface area contributed by atoms with Gasteiger partial charge in [-0.3, -0.25) is 4.79 Å². The highest BCUT2D eigenvalue weighted by atomic mass is 32.2. The fourth-order valence-electron chi connectivity index (χ4n) is 3.66. The van der Waals surface area contributed by atoms with Gasteiger partial charge in [-0.1, -0.05) is 6.07 Å². The maximum atomic E-state index is 13.0. The highest BCUT2D eigenvalue weighted by Gasteiger charge is 2.32. The van der Waals surface area contributed by atoms with E-state index >= 15 is 0 Å². The normalized spacial score (nSPS) is 16.4. The van der Waals surface area contributed by atoms with E-state index in [2.05, 4.69) is 5.32 Å². The lowest BCUT2D eigenvalue weighted by Crippen LogP contribution is -2.41. The molecule has 0 aliphatic carbocycles. The van der Waals surface area contributed by atoms with Crippen molar-refractivity contribution in [1.29, 1.82) is 0 Å². The Bertz CT molecular complexity index is 1340. The predicted octanol–water partition coefficient (Wildman–Crippen LogP) is 3.34. The van der Waals surface area contributed by atoms with Crippen LogP contribution in [-0.4, -0.2) is 46.4 Å². The van der Waals surface area contributed by atoms with E-state index in [1.807, 2.05) is 29.6 Å². The molecule has 10 heteroatoms. The molecule has 0 unspecified atom stereocenters. The number of hydrogen-bond acceptors (Lipinski definition) is 6. The number of benzene rings is 2. The van der Waals surface area contributed by atoms with Gasteiger partial charge in [-0.05, 0) is 66.1 Å². The fourth-order valence-corrected chi connectivity index (χ4v) is 6.69. The lowest BCUT2D eigenvalue weighted by Gasteiger charge is -2.30. The zero-order valence-corrected chi connectivity index (χ0v) is 19.3. The summed E-state index contributed by atoms with van der Waals surface area (Å²) in [7, 11) is -7.34. The summed E-state index contributed by atoms with van der Waals surface area (Å²) in [5.41, 5.74) is 0.726. The van der Waals surface area contributed by atoms with Crippen LogP contribution in [0.1, 0.15) is 12.8 Å². The lowest BCUT2D eigenvalue weighted by molar-refractivity contribution is -0.120. The average molecular weight is 479 g/mol. The molecule has 3 aromatic rings. The molecule has 1 saturated heterocycles. The molecule has 7 nitrogen and oxygen atoms in total. The third-order valence-corrected chi connectivity index (χ3v) is 9.32. The first-order chi connectivity index (χ1) is 14.6. The van der Waals surface area contributed by atoms with Crippen molar-refractivity contribution in [3.05, 3.63) is 53.9 Å². The summed E-state index contributed by atoms with van der Waals surface area (Å²) in [4.78, 5) is 12.6. The van der Waals surface area contributed by atoms with Crippen molar-refractivity contribution in [1.82, 2.24) is 4.31 Å². The molecule has 1 N–H and O–H groups in total. The molecular formula is C21H22N2O5S3. The molecule has 1 aromatic heterocycles. The minimum Gasteiger partial charge on any atom is -0.326 e. The first-order valence-corrected chi connectivity index (χ1v) is 13.9. The summed E-state index contributed by atoms with van der Waals surface area (Å²) in [6, 6.07) is 13.1. The Morgan fingerprint density at radius 3 is 2.42 bits per heavy atom. The monoisotopic (exact) mass is 478 g/mol. The van der Waals surface area contributed by atoms with Gasteiger partial charge in [0.25, 0.3) is 0 Å². The molecule has 1 fully saturated rings.